The molecule has 1 aromatic rings. The van der Waals surface area contributed by atoms with Crippen LogP contribution in [-0.4, -0.2) is 14.7 Å². The predicted molar refractivity (Wildman–Crippen MR) is 79.5 cm³/mol. The SMILES string of the molecule is CCCCCCCCC#Cc1c([N+](=O)[O-])c(C)nn1C. The largest absolute Gasteiger partial charge is 0.325 e. The van der Waals surface area contributed by atoms with E-state index in [1.165, 1.54) is 36.8 Å². The van der Waals surface area contributed by atoms with E-state index in [0.29, 0.717) is 11.4 Å². The highest BCUT2D eigenvalue weighted by molar-refractivity contribution is 5.49. The molecule has 0 fully saturated rings. The summed E-state index contributed by atoms with van der Waals surface area (Å²) in [6.07, 6.45) is 8.11. The van der Waals surface area contributed by atoms with E-state index >= 15 is 0 Å². The fourth-order valence-corrected chi connectivity index (χ4v) is 2.15. The molecule has 0 aliphatic carbocycles. The van der Waals surface area contributed by atoms with Crippen LogP contribution in [0, 0.1) is 28.9 Å². The molecule has 0 saturated heterocycles. The van der Waals surface area contributed by atoms with Crippen LogP contribution >= 0.6 is 0 Å². The lowest BCUT2D eigenvalue weighted by molar-refractivity contribution is -0.385. The van der Waals surface area contributed by atoms with Gasteiger partial charge < -0.3 is 0 Å². The van der Waals surface area contributed by atoms with Crippen molar-refractivity contribution in [2.24, 2.45) is 7.05 Å². The summed E-state index contributed by atoms with van der Waals surface area (Å²) in [5.41, 5.74) is 0.850. The van der Waals surface area contributed by atoms with Gasteiger partial charge in [0.1, 0.15) is 5.69 Å². The van der Waals surface area contributed by atoms with Crippen LogP contribution in [0.5, 0.6) is 0 Å². The molecular weight excluding hydrogens is 254 g/mol. The van der Waals surface area contributed by atoms with Crippen molar-refractivity contribution in [2.45, 2.75) is 58.8 Å². The molecule has 0 unspecified atom stereocenters. The number of hydrogen-bond acceptors (Lipinski definition) is 3. The maximum absolute atomic E-state index is 11.0. The minimum absolute atomic E-state index is 0.0305. The summed E-state index contributed by atoms with van der Waals surface area (Å²) in [4.78, 5) is 10.6. The number of nitrogens with zero attached hydrogens (tertiary/aromatic N) is 3. The number of aromatic nitrogens is 2. The van der Waals surface area contributed by atoms with E-state index in [9.17, 15) is 10.1 Å². The minimum Gasteiger partial charge on any atom is -0.258 e. The first kappa shape index (κ1) is 16.2. The van der Waals surface area contributed by atoms with E-state index in [1.54, 1.807) is 14.0 Å². The summed E-state index contributed by atoms with van der Waals surface area (Å²) in [7, 11) is 1.69. The lowest BCUT2D eigenvalue weighted by Gasteiger charge is -1.96. The van der Waals surface area contributed by atoms with Gasteiger partial charge in [0.25, 0.3) is 0 Å². The number of unbranched alkanes of at least 4 members (excludes halogenated alkanes) is 6. The van der Waals surface area contributed by atoms with Gasteiger partial charge in [0.05, 0.1) is 4.92 Å². The van der Waals surface area contributed by atoms with Gasteiger partial charge in [-0.25, -0.2) is 0 Å². The Hall–Kier alpha value is -1.83. The van der Waals surface area contributed by atoms with Crippen LogP contribution in [0.1, 0.15) is 63.3 Å². The van der Waals surface area contributed by atoms with Gasteiger partial charge in [0.15, 0.2) is 5.69 Å². The van der Waals surface area contributed by atoms with Gasteiger partial charge in [-0.15, -0.1) is 0 Å². The average molecular weight is 277 g/mol. The van der Waals surface area contributed by atoms with Crippen molar-refractivity contribution in [1.29, 1.82) is 0 Å². The molecular formula is C15H23N3O2. The van der Waals surface area contributed by atoms with E-state index in [4.69, 9.17) is 0 Å². The molecule has 0 N–H and O–H groups in total. The lowest BCUT2D eigenvalue weighted by Crippen LogP contribution is -1.96. The zero-order chi connectivity index (χ0) is 15.0. The van der Waals surface area contributed by atoms with Crippen LogP contribution in [0.3, 0.4) is 0 Å². The maximum Gasteiger partial charge on any atom is 0.325 e. The highest BCUT2D eigenvalue weighted by atomic mass is 16.6. The number of nitro groups is 1. The molecule has 0 saturated carbocycles. The highest BCUT2D eigenvalue weighted by Gasteiger charge is 2.22. The molecule has 1 heterocycles. The predicted octanol–water partition coefficient (Wildman–Crippen LogP) is 3.74. The third-order valence-electron chi connectivity index (χ3n) is 3.24. The Kier molecular flexibility index (Phi) is 6.78. The summed E-state index contributed by atoms with van der Waals surface area (Å²) in [5, 5.41) is 15.0. The van der Waals surface area contributed by atoms with E-state index in [2.05, 4.69) is 23.9 Å². The van der Waals surface area contributed by atoms with Gasteiger partial charge in [-0.1, -0.05) is 44.9 Å². The van der Waals surface area contributed by atoms with Crippen molar-refractivity contribution in [1.82, 2.24) is 9.78 Å². The van der Waals surface area contributed by atoms with Crippen molar-refractivity contribution in [3.05, 3.63) is 21.5 Å². The normalized spacial score (nSPS) is 10.2. The molecule has 20 heavy (non-hydrogen) atoms. The first-order chi connectivity index (χ1) is 9.57. The van der Waals surface area contributed by atoms with Crippen LogP contribution in [0.4, 0.5) is 5.69 Å². The minimum atomic E-state index is -0.406. The molecule has 0 atom stereocenters. The Morgan fingerprint density at radius 3 is 2.55 bits per heavy atom. The van der Waals surface area contributed by atoms with E-state index in [-0.39, 0.29) is 5.69 Å². The number of rotatable bonds is 7. The Bertz CT molecular complexity index is 509. The molecule has 0 spiro atoms. The fraction of sp³-hybridized carbons (Fsp3) is 0.667. The van der Waals surface area contributed by atoms with Crippen LogP contribution in [-0.2, 0) is 7.05 Å². The molecule has 0 radical (unpaired) electrons. The van der Waals surface area contributed by atoms with E-state index < -0.39 is 4.92 Å². The third-order valence-corrected chi connectivity index (χ3v) is 3.24. The molecule has 5 nitrogen and oxygen atoms in total. The van der Waals surface area contributed by atoms with Gasteiger partial charge in [-0.05, 0) is 19.3 Å². The summed E-state index contributed by atoms with van der Waals surface area (Å²) in [6, 6.07) is 0. The number of hydrogen-bond donors (Lipinski definition) is 0. The van der Waals surface area contributed by atoms with Crippen LogP contribution < -0.4 is 0 Å². The standard InChI is InChI=1S/C15H23N3O2/c1-4-5-6-7-8-9-10-11-12-14-15(18(19)20)13(2)16-17(14)3/h4-10H2,1-3H3. The molecule has 0 amide bonds. The van der Waals surface area contributed by atoms with Gasteiger partial charge in [-0.2, -0.15) is 5.10 Å². The maximum atomic E-state index is 11.0. The van der Waals surface area contributed by atoms with Gasteiger partial charge in [0.2, 0.25) is 0 Å². The summed E-state index contributed by atoms with van der Waals surface area (Å²) >= 11 is 0. The first-order valence-corrected chi connectivity index (χ1v) is 7.24. The molecule has 110 valence electrons. The highest BCUT2D eigenvalue weighted by Crippen LogP contribution is 2.21. The monoisotopic (exact) mass is 277 g/mol. The van der Waals surface area contributed by atoms with Gasteiger partial charge in [-0.3, -0.25) is 14.8 Å². The summed E-state index contributed by atoms with van der Waals surface area (Å²) in [5.74, 6) is 5.92. The molecule has 0 bridgehead atoms. The summed E-state index contributed by atoms with van der Waals surface area (Å²) < 4.78 is 1.49. The molecule has 0 aliphatic rings. The summed E-state index contributed by atoms with van der Waals surface area (Å²) in [6.45, 7) is 3.84. The van der Waals surface area contributed by atoms with E-state index in [1.807, 2.05) is 0 Å². The van der Waals surface area contributed by atoms with Crippen LogP contribution in [0.15, 0.2) is 0 Å². The van der Waals surface area contributed by atoms with Gasteiger partial charge >= 0.3 is 5.69 Å². The van der Waals surface area contributed by atoms with E-state index in [0.717, 1.165) is 12.8 Å². The average Bonchev–Trinajstić information content (AvgIpc) is 2.67. The second-order valence-corrected chi connectivity index (χ2v) is 4.98. The van der Waals surface area contributed by atoms with Crippen molar-refractivity contribution < 1.29 is 4.92 Å². The number of aryl methyl sites for hydroxylation is 2. The topological polar surface area (TPSA) is 61.0 Å². The van der Waals surface area contributed by atoms with Gasteiger partial charge in [0, 0.05) is 13.5 Å². The lowest BCUT2D eigenvalue weighted by atomic mass is 10.1. The first-order valence-electron chi connectivity index (χ1n) is 7.24. The molecule has 0 aromatic carbocycles. The zero-order valence-corrected chi connectivity index (χ0v) is 12.6. The Labute approximate surface area is 120 Å². The Morgan fingerprint density at radius 1 is 1.25 bits per heavy atom. The van der Waals surface area contributed by atoms with Crippen molar-refractivity contribution >= 4 is 5.69 Å². The second-order valence-electron chi connectivity index (χ2n) is 4.98. The quantitative estimate of drug-likeness (QED) is 0.330. The smallest absolute Gasteiger partial charge is 0.258 e. The Morgan fingerprint density at radius 2 is 1.90 bits per heavy atom. The zero-order valence-electron chi connectivity index (χ0n) is 12.6. The van der Waals surface area contributed by atoms with Crippen LogP contribution in [0.25, 0.3) is 0 Å². The molecule has 1 rings (SSSR count). The third kappa shape index (κ3) is 4.69. The van der Waals surface area contributed by atoms with Crippen molar-refractivity contribution in [2.75, 3.05) is 0 Å². The van der Waals surface area contributed by atoms with Crippen molar-refractivity contribution in [3.63, 3.8) is 0 Å². The second kappa shape index (κ2) is 8.36. The molecule has 0 aliphatic heterocycles. The van der Waals surface area contributed by atoms with Crippen LogP contribution in [0.2, 0.25) is 0 Å². The Balaban J connectivity index is 2.50. The molecule has 1 aromatic heterocycles. The molecule has 5 heteroatoms. The van der Waals surface area contributed by atoms with Crippen molar-refractivity contribution in [3.8, 4) is 11.8 Å². The fourth-order valence-electron chi connectivity index (χ4n) is 2.15.